The van der Waals surface area contributed by atoms with Crippen molar-refractivity contribution >= 4 is 11.6 Å². The maximum absolute atomic E-state index is 13.3. The number of nitrogens with zero attached hydrogens (tertiary/aromatic N) is 1. The van der Waals surface area contributed by atoms with Gasteiger partial charge in [0.05, 0.1) is 29.6 Å². The molecule has 0 radical (unpaired) electrons. The third-order valence-corrected chi connectivity index (χ3v) is 5.59. The Bertz CT molecular complexity index is 1400. The predicted molar refractivity (Wildman–Crippen MR) is 121 cm³/mol. The van der Waals surface area contributed by atoms with E-state index in [0.717, 1.165) is 29.3 Å². The zero-order valence-corrected chi connectivity index (χ0v) is 18.7. The number of ketones is 2. The Kier molecular flexibility index (Phi) is 5.91. The summed E-state index contributed by atoms with van der Waals surface area (Å²) in [5, 5.41) is 0. The van der Waals surface area contributed by atoms with Crippen molar-refractivity contribution in [3.8, 4) is 11.4 Å². The van der Waals surface area contributed by atoms with E-state index in [9.17, 15) is 22.8 Å². The molecule has 0 atom stereocenters. The number of nitrogens with one attached hydrogen (secondary N) is 1. The maximum Gasteiger partial charge on any atom is 0.416 e. The third-order valence-electron chi connectivity index (χ3n) is 5.59. The Morgan fingerprint density at radius 3 is 2.35 bits per heavy atom. The van der Waals surface area contributed by atoms with E-state index in [-0.39, 0.29) is 28.5 Å². The van der Waals surface area contributed by atoms with Crippen LogP contribution in [0.25, 0.3) is 5.69 Å². The number of alkyl halides is 3. The van der Waals surface area contributed by atoms with E-state index >= 15 is 0 Å². The number of aryl methyl sites for hydroxylation is 2. The van der Waals surface area contributed by atoms with Crippen molar-refractivity contribution in [2.24, 2.45) is 0 Å². The Balaban J connectivity index is 1.75. The van der Waals surface area contributed by atoms with Crippen molar-refractivity contribution in [1.82, 2.24) is 9.55 Å². The van der Waals surface area contributed by atoms with E-state index in [1.165, 1.54) is 17.7 Å². The topological polar surface area (TPSA) is 64.1 Å². The van der Waals surface area contributed by atoms with Gasteiger partial charge in [-0.3, -0.25) is 9.59 Å². The van der Waals surface area contributed by atoms with Crippen LogP contribution in [0.15, 0.2) is 67.0 Å². The molecule has 8 heteroatoms. The smallest absolute Gasteiger partial charge is 0.416 e. The van der Waals surface area contributed by atoms with Gasteiger partial charge in [0.25, 0.3) is 0 Å². The normalized spacial score (nSPS) is 11.5. The lowest BCUT2D eigenvalue weighted by Gasteiger charge is -2.14. The molecule has 2 aromatic carbocycles. The molecule has 0 aliphatic carbocycles. The van der Waals surface area contributed by atoms with Crippen LogP contribution < -0.4 is 4.74 Å². The van der Waals surface area contributed by atoms with Gasteiger partial charge in [-0.05, 0) is 55.8 Å². The average Bonchev–Trinajstić information content (AvgIpc) is 3.46. The molecule has 1 N–H and O–H groups in total. The van der Waals surface area contributed by atoms with Crippen molar-refractivity contribution in [2.45, 2.75) is 20.0 Å². The van der Waals surface area contributed by atoms with Crippen LogP contribution in [0.5, 0.6) is 5.75 Å². The van der Waals surface area contributed by atoms with E-state index in [4.69, 9.17) is 4.74 Å². The summed E-state index contributed by atoms with van der Waals surface area (Å²) in [4.78, 5) is 29.6. The summed E-state index contributed by atoms with van der Waals surface area (Å²) < 4.78 is 45.9. The largest absolute Gasteiger partial charge is 0.496 e. The first-order chi connectivity index (χ1) is 16.1. The minimum Gasteiger partial charge on any atom is -0.496 e. The van der Waals surface area contributed by atoms with Gasteiger partial charge in [-0.15, -0.1) is 0 Å². The van der Waals surface area contributed by atoms with Gasteiger partial charge >= 0.3 is 6.18 Å². The van der Waals surface area contributed by atoms with Crippen LogP contribution in [0.4, 0.5) is 13.2 Å². The minimum absolute atomic E-state index is 0.0201. The molecule has 34 heavy (non-hydrogen) atoms. The lowest BCUT2D eigenvalue weighted by Crippen LogP contribution is -2.14. The highest BCUT2D eigenvalue weighted by Gasteiger charge is 2.32. The lowest BCUT2D eigenvalue weighted by atomic mass is 10.00. The Hall–Kier alpha value is -4.07. The lowest BCUT2D eigenvalue weighted by molar-refractivity contribution is -0.137. The number of methoxy groups -OCH3 is 1. The minimum atomic E-state index is -4.57. The van der Waals surface area contributed by atoms with Crippen molar-refractivity contribution in [3.63, 3.8) is 0 Å². The van der Waals surface area contributed by atoms with Gasteiger partial charge in [0.1, 0.15) is 11.4 Å². The van der Waals surface area contributed by atoms with Crippen LogP contribution in [0.3, 0.4) is 0 Å². The van der Waals surface area contributed by atoms with Crippen LogP contribution in [0, 0.1) is 13.8 Å². The molecule has 0 bridgehead atoms. The number of ether oxygens (including phenoxy) is 1. The van der Waals surface area contributed by atoms with Crippen LogP contribution in [0.2, 0.25) is 0 Å². The monoisotopic (exact) mass is 466 g/mol. The number of carbonyl (C=O) groups excluding carboxylic acids is 2. The van der Waals surface area contributed by atoms with E-state index in [1.54, 1.807) is 30.6 Å². The van der Waals surface area contributed by atoms with Gasteiger partial charge in [-0.2, -0.15) is 13.2 Å². The number of aromatic nitrogens is 2. The molecular formula is C26H21F3N2O3. The van der Waals surface area contributed by atoms with Gasteiger partial charge in [-0.25, -0.2) is 0 Å². The summed E-state index contributed by atoms with van der Waals surface area (Å²) in [6.45, 7) is 3.79. The summed E-state index contributed by atoms with van der Waals surface area (Å²) >= 11 is 0. The molecule has 0 fully saturated rings. The number of carbonyl (C=O) groups is 2. The Morgan fingerprint density at radius 1 is 0.941 bits per heavy atom. The molecule has 2 heterocycles. The summed E-state index contributed by atoms with van der Waals surface area (Å²) in [6.07, 6.45) is -1.35. The number of halogens is 3. The second kappa shape index (κ2) is 8.70. The SMILES string of the molecule is COc1cc(C(F)(F)F)ccc1C(=O)c1cccn1-c1cc[nH]c1C(=O)c1ccc(C)cc1C. The molecular weight excluding hydrogens is 445 g/mol. The molecule has 174 valence electrons. The van der Waals surface area contributed by atoms with E-state index in [0.29, 0.717) is 11.3 Å². The molecule has 0 aliphatic heterocycles. The summed E-state index contributed by atoms with van der Waals surface area (Å²) in [7, 11) is 1.21. The first-order valence-corrected chi connectivity index (χ1v) is 10.4. The van der Waals surface area contributed by atoms with Gasteiger partial charge in [-0.1, -0.05) is 23.8 Å². The first kappa shape index (κ1) is 23.1. The Labute approximate surface area is 193 Å². The fraction of sp³-hybridized carbons (Fsp3) is 0.154. The van der Waals surface area contributed by atoms with Crippen LogP contribution >= 0.6 is 0 Å². The van der Waals surface area contributed by atoms with E-state index in [1.807, 2.05) is 26.0 Å². The van der Waals surface area contributed by atoms with Crippen LogP contribution in [0.1, 0.15) is 48.8 Å². The number of hydrogen-bond donors (Lipinski definition) is 1. The molecule has 0 amide bonds. The molecule has 0 aliphatic rings. The van der Waals surface area contributed by atoms with Crippen molar-refractivity contribution in [2.75, 3.05) is 7.11 Å². The number of rotatable bonds is 6. The fourth-order valence-electron chi connectivity index (χ4n) is 3.92. The van der Waals surface area contributed by atoms with Crippen molar-refractivity contribution < 1.29 is 27.5 Å². The van der Waals surface area contributed by atoms with Gasteiger partial charge in [0, 0.05) is 18.0 Å². The molecule has 4 aromatic rings. The average molecular weight is 466 g/mol. The number of aromatic amines is 1. The third kappa shape index (κ3) is 4.14. The predicted octanol–water partition coefficient (Wildman–Crippen LogP) is 5.91. The molecule has 0 saturated heterocycles. The highest BCUT2D eigenvalue weighted by molar-refractivity contribution is 6.12. The zero-order chi connectivity index (χ0) is 24.6. The highest BCUT2D eigenvalue weighted by atomic mass is 19.4. The maximum atomic E-state index is 13.3. The van der Waals surface area contributed by atoms with Gasteiger partial charge in [0.2, 0.25) is 11.6 Å². The van der Waals surface area contributed by atoms with E-state index in [2.05, 4.69) is 4.98 Å². The molecule has 2 aromatic heterocycles. The quantitative estimate of drug-likeness (QED) is 0.359. The number of H-pyrrole nitrogens is 1. The van der Waals surface area contributed by atoms with Crippen molar-refractivity contribution in [3.05, 3.63) is 106 Å². The van der Waals surface area contributed by atoms with E-state index < -0.39 is 17.5 Å². The summed E-state index contributed by atoms with van der Waals surface area (Å²) in [6, 6.07) is 13.1. The number of hydrogen-bond acceptors (Lipinski definition) is 3. The molecule has 5 nitrogen and oxygen atoms in total. The highest BCUT2D eigenvalue weighted by Crippen LogP contribution is 2.34. The van der Waals surface area contributed by atoms with Gasteiger partial charge < -0.3 is 14.3 Å². The summed E-state index contributed by atoms with van der Waals surface area (Å²) in [5.74, 6) is -0.966. The second-order valence-electron chi connectivity index (χ2n) is 7.89. The molecule has 0 unspecified atom stereocenters. The number of benzene rings is 2. The standard InChI is InChI=1S/C26H21F3N2O3/c1-15-6-8-18(16(2)13-15)25(33)23-20(10-11-30-23)31-12-4-5-21(31)24(32)19-9-7-17(26(27,28)29)14-22(19)34-3/h4-14,30H,1-3H3. The second-order valence-corrected chi connectivity index (χ2v) is 7.89. The molecule has 0 saturated carbocycles. The van der Waals surface area contributed by atoms with Gasteiger partial charge in [0.15, 0.2) is 0 Å². The van der Waals surface area contributed by atoms with Crippen molar-refractivity contribution in [1.29, 1.82) is 0 Å². The zero-order valence-electron chi connectivity index (χ0n) is 18.7. The fourth-order valence-corrected chi connectivity index (χ4v) is 3.92. The molecule has 4 rings (SSSR count). The molecule has 0 spiro atoms. The van der Waals surface area contributed by atoms with Crippen LogP contribution in [-0.2, 0) is 6.18 Å². The van der Waals surface area contributed by atoms with Crippen LogP contribution in [-0.4, -0.2) is 28.2 Å². The Morgan fingerprint density at radius 2 is 1.68 bits per heavy atom. The first-order valence-electron chi connectivity index (χ1n) is 10.4. The summed E-state index contributed by atoms with van der Waals surface area (Å²) in [5.41, 5.74) is 2.36.